The Morgan fingerprint density at radius 2 is 2.20 bits per heavy atom. The number of nitriles is 1. The van der Waals surface area contributed by atoms with E-state index in [1.54, 1.807) is 11.3 Å². The Labute approximate surface area is 152 Å². The lowest BCUT2D eigenvalue weighted by Gasteiger charge is -2.41. The van der Waals surface area contributed by atoms with Crippen LogP contribution >= 0.6 is 11.3 Å². The van der Waals surface area contributed by atoms with Crippen LogP contribution in [-0.4, -0.2) is 59.6 Å². The minimum Gasteiger partial charge on any atom is -0.381 e. The van der Waals surface area contributed by atoms with Crippen LogP contribution in [0.25, 0.3) is 0 Å². The molecule has 2 bridgehead atoms. The van der Waals surface area contributed by atoms with E-state index in [2.05, 4.69) is 21.3 Å². The SMILES string of the molecule is N#CC1(C(=O)N2C[C@H]3CC[C@@H]2CN(Cc2cscn2)C3)CCOCC1. The lowest BCUT2D eigenvalue weighted by Crippen LogP contribution is -2.54. The van der Waals surface area contributed by atoms with Gasteiger partial charge in [-0.1, -0.05) is 0 Å². The lowest BCUT2D eigenvalue weighted by atomic mass is 9.79. The van der Waals surface area contributed by atoms with Crippen LogP contribution in [0.2, 0.25) is 0 Å². The molecule has 134 valence electrons. The number of thiazole rings is 1. The highest BCUT2D eigenvalue weighted by molar-refractivity contribution is 7.07. The zero-order valence-corrected chi connectivity index (χ0v) is 15.2. The summed E-state index contributed by atoms with van der Waals surface area (Å²) in [7, 11) is 0. The van der Waals surface area contributed by atoms with Gasteiger partial charge in [0.2, 0.25) is 5.91 Å². The van der Waals surface area contributed by atoms with Gasteiger partial charge in [-0.2, -0.15) is 5.26 Å². The second kappa shape index (κ2) is 7.02. The highest BCUT2D eigenvalue weighted by Crippen LogP contribution is 2.37. The maximum Gasteiger partial charge on any atom is 0.243 e. The molecule has 0 unspecified atom stereocenters. The average molecular weight is 360 g/mol. The number of nitrogens with zero attached hydrogens (tertiary/aromatic N) is 4. The summed E-state index contributed by atoms with van der Waals surface area (Å²) < 4.78 is 5.39. The highest BCUT2D eigenvalue weighted by atomic mass is 32.1. The predicted molar refractivity (Wildman–Crippen MR) is 93.7 cm³/mol. The zero-order chi connectivity index (χ0) is 17.3. The van der Waals surface area contributed by atoms with Crippen molar-refractivity contribution in [1.82, 2.24) is 14.8 Å². The Morgan fingerprint density at radius 1 is 1.36 bits per heavy atom. The number of fused-ring (bicyclic) bond motifs is 4. The molecule has 0 aromatic carbocycles. The molecular formula is C18H24N4O2S. The van der Waals surface area contributed by atoms with E-state index in [1.165, 1.54) is 6.42 Å². The van der Waals surface area contributed by atoms with Crippen molar-refractivity contribution < 1.29 is 9.53 Å². The quantitative estimate of drug-likeness (QED) is 0.823. The van der Waals surface area contributed by atoms with Gasteiger partial charge < -0.3 is 9.64 Å². The molecule has 25 heavy (non-hydrogen) atoms. The molecule has 0 radical (unpaired) electrons. The molecule has 7 heteroatoms. The number of carbonyl (C=O) groups is 1. The fourth-order valence-corrected chi connectivity index (χ4v) is 5.02. The molecule has 0 spiro atoms. The van der Waals surface area contributed by atoms with Crippen molar-refractivity contribution in [3.63, 3.8) is 0 Å². The summed E-state index contributed by atoms with van der Waals surface area (Å²) in [6.45, 7) is 4.57. The molecule has 4 aliphatic heterocycles. The molecular weight excluding hydrogens is 336 g/mol. The second-order valence-corrected chi connectivity index (χ2v) is 8.25. The first-order chi connectivity index (χ1) is 12.2. The van der Waals surface area contributed by atoms with Crippen LogP contribution < -0.4 is 0 Å². The molecule has 4 saturated heterocycles. The minimum atomic E-state index is -0.873. The average Bonchev–Trinajstić information content (AvgIpc) is 3.00. The first-order valence-electron chi connectivity index (χ1n) is 9.10. The van der Waals surface area contributed by atoms with Crippen molar-refractivity contribution in [3.8, 4) is 6.07 Å². The van der Waals surface area contributed by atoms with Crippen molar-refractivity contribution in [2.45, 2.75) is 38.3 Å². The van der Waals surface area contributed by atoms with Gasteiger partial charge >= 0.3 is 0 Å². The second-order valence-electron chi connectivity index (χ2n) is 7.53. The van der Waals surface area contributed by atoms with Crippen LogP contribution in [0.1, 0.15) is 31.4 Å². The van der Waals surface area contributed by atoms with Gasteiger partial charge in [-0.05, 0) is 31.6 Å². The molecule has 5 heterocycles. The monoisotopic (exact) mass is 360 g/mol. The third kappa shape index (κ3) is 3.31. The van der Waals surface area contributed by atoms with Crippen LogP contribution in [0, 0.1) is 22.7 Å². The van der Waals surface area contributed by atoms with Gasteiger partial charge in [0, 0.05) is 50.8 Å². The lowest BCUT2D eigenvalue weighted by molar-refractivity contribution is -0.147. The molecule has 4 aliphatic rings. The van der Waals surface area contributed by atoms with Crippen molar-refractivity contribution >= 4 is 17.2 Å². The van der Waals surface area contributed by atoms with E-state index in [-0.39, 0.29) is 11.9 Å². The van der Waals surface area contributed by atoms with Crippen molar-refractivity contribution in [2.75, 3.05) is 32.8 Å². The summed E-state index contributed by atoms with van der Waals surface area (Å²) in [5, 5.41) is 11.8. The van der Waals surface area contributed by atoms with Gasteiger partial charge in [-0.25, -0.2) is 4.98 Å². The van der Waals surface area contributed by atoms with Crippen LogP contribution in [0.5, 0.6) is 0 Å². The van der Waals surface area contributed by atoms with E-state index in [9.17, 15) is 10.1 Å². The summed E-state index contributed by atoms with van der Waals surface area (Å²) in [4.78, 5) is 22.2. The molecule has 0 N–H and O–H groups in total. The summed E-state index contributed by atoms with van der Waals surface area (Å²) in [5.74, 6) is 0.542. The van der Waals surface area contributed by atoms with E-state index in [0.29, 0.717) is 32.0 Å². The Bertz CT molecular complexity index is 651. The largest absolute Gasteiger partial charge is 0.381 e. The molecule has 6 nitrogen and oxygen atoms in total. The Balaban J connectivity index is 1.50. The van der Waals surface area contributed by atoms with E-state index in [4.69, 9.17) is 4.74 Å². The van der Waals surface area contributed by atoms with Crippen molar-refractivity contribution in [2.24, 2.45) is 11.3 Å². The first kappa shape index (κ1) is 17.0. The summed E-state index contributed by atoms with van der Waals surface area (Å²) in [6, 6.07) is 2.57. The number of aromatic nitrogens is 1. The summed E-state index contributed by atoms with van der Waals surface area (Å²) in [5.41, 5.74) is 2.11. The number of rotatable bonds is 3. The predicted octanol–water partition coefficient (Wildman–Crippen LogP) is 1.89. The number of amides is 1. The number of hydrogen-bond donors (Lipinski definition) is 0. The molecule has 0 saturated carbocycles. The molecule has 1 aromatic rings. The molecule has 0 aliphatic carbocycles. The van der Waals surface area contributed by atoms with Gasteiger partial charge in [-0.3, -0.25) is 9.69 Å². The Morgan fingerprint density at radius 3 is 2.92 bits per heavy atom. The highest BCUT2D eigenvalue weighted by Gasteiger charge is 2.47. The van der Waals surface area contributed by atoms with Gasteiger partial charge in [0.05, 0.1) is 17.3 Å². The Hall–Kier alpha value is -1.49. The van der Waals surface area contributed by atoms with E-state index >= 15 is 0 Å². The molecule has 5 rings (SSSR count). The molecule has 4 fully saturated rings. The van der Waals surface area contributed by atoms with E-state index in [0.717, 1.165) is 38.3 Å². The van der Waals surface area contributed by atoms with Gasteiger partial charge in [0.15, 0.2) is 0 Å². The third-order valence-corrected chi connectivity index (χ3v) is 6.52. The number of ether oxygens (including phenoxy) is 1. The zero-order valence-electron chi connectivity index (χ0n) is 14.4. The summed E-state index contributed by atoms with van der Waals surface area (Å²) >= 11 is 1.63. The standard InChI is InChI=1S/C18H24N4O2S/c19-12-18(3-5-24-6-4-18)17(23)22-8-14-1-2-16(22)10-21(7-14)9-15-11-25-13-20-15/h11,13-14,16H,1-10H2/t14-,16+/m0/s1. The van der Waals surface area contributed by atoms with Crippen molar-refractivity contribution in [3.05, 3.63) is 16.6 Å². The number of carbonyl (C=O) groups excluding carboxylic acids is 1. The third-order valence-electron chi connectivity index (χ3n) is 5.89. The van der Waals surface area contributed by atoms with Gasteiger partial charge in [0.25, 0.3) is 0 Å². The number of hydrogen-bond acceptors (Lipinski definition) is 6. The molecule has 1 aromatic heterocycles. The maximum absolute atomic E-state index is 13.3. The Kier molecular flexibility index (Phi) is 4.76. The van der Waals surface area contributed by atoms with Crippen molar-refractivity contribution in [1.29, 1.82) is 5.26 Å². The number of piperidine rings is 1. The van der Waals surface area contributed by atoms with Gasteiger partial charge in [-0.15, -0.1) is 11.3 Å². The minimum absolute atomic E-state index is 0.0449. The van der Waals surface area contributed by atoms with E-state index in [1.807, 2.05) is 10.4 Å². The molecule has 2 atom stereocenters. The fourth-order valence-electron chi connectivity index (χ4n) is 4.47. The first-order valence-corrected chi connectivity index (χ1v) is 10.0. The normalized spacial score (nSPS) is 29.2. The van der Waals surface area contributed by atoms with Crippen LogP contribution in [0.15, 0.2) is 10.9 Å². The van der Waals surface area contributed by atoms with Crippen LogP contribution in [-0.2, 0) is 16.1 Å². The summed E-state index contributed by atoms with van der Waals surface area (Å²) in [6.07, 6.45) is 3.27. The fraction of sp³-hybridized carbons (Fsp3) is 0.722. The van der Waals surface area contributed by atoms with E-state index < -0.39 is 5.41 Å². The smallest absolute Gasteiger partial charge is 0.243 e. The van der Waals surface area contributed by atoms with Crippen LogP contribution in [0.3, 0.4) is 0 Å². The topological polar surface area (TPSA) is 69.5 Å². The van der Waals surface area contributed by atoms with Gasteiger partial charge in [0.1, 0.15) is 5.41 Å². The maximum atomic E-state index is 13.3. The van der Waals surface area contributed by atoms with Crippen LogP contribution in [0.4, 0.5) is 0 Å². The molecule has 1 amide bonds.